The smallest absolute Gasteiger partial charge is 0.119 e. The van der Waals surface area contributed by atoms with Gasteiger partial charge in [-0.15, -0.1) is 0 Å². The summed E-state index contributed by atoms with van der Waals surface area (Å²) < 4.78 is 0. The van der Waals surface area contributed by atoms with Crippen LogP contribution in [0.25, 0.3) is 10.9 Å². The summed E-state index contributed by atoms with van der Waals surface area (Å²) in [5.74, 6) is 0.295. The van der Waals surface area contributed by atoms with E-state index in [-0.39, 0.29) is 11.3 Å². The number of aromatic nitrogens is 1. The van der Waals surface area contributed by atoms with E-state index in [1.165, 1.54) is 22.1 Å². The fourth-order valence-electron chi connectivity index (χ4n) is 3.77. The molecular weight excluding hydrogens is 330 g/mol. The molecule has 0 aliphatic heterocycles. The first-order chi connectivity index (χ1) is 12.9. The number of phenols is 1. The molecule has 2 heteroatoms. The van der Waals surface area contributed by atoms with Gasteiger partial charge in [-0.3, -0.25) is 0 Å². The minimum atomic E-state index is -0.0311. The zero-order valence-electron chi connectivity index (χ0n) is 16.0. The van der Waals surface area contributed by atoms with Crippen molar-refractivity contribution in [2.45, 2.75) is 32.1 Å². The first-order valence-electron chi connectivity index (χ1n) is 9.39. The van der Waals surface area contributed by atoms with Gasteiger partial charge in [0.15, 0.2) is 0 Å². The fraction of sp³-hybridized carbons (Fsp3) is 0.200. The lowest BCUT2D eigenvalue weighted by Gasteiger charge is -2.22. The molecule has 0 spiro atoms. The predicted octanol–water partition coefficient (Wildman–Crippen LogP) is 6.35. The van der Waals surface area contributed by atoms with Crippen molar-refractivity contribution < 1.29 is 5.11 Å². The van der Waals surface area contributed by atoms with E-state index < -0.39 is 0 Å². The van der Waals surface area contributed by atoms with Crippen LogP contribution in [0.15, 0.2) is 79.0 Å². The Morgan fingerprint density at radius 1 is 0.778 bits per heavy atom. The number of phenolic OH excluding ortho intramolecular Hbond substituents is 1. The minimum Gasteiger partial charge on any atom is -0.508 e. The van der Waals surface area contributed by atoms with Gasteiger partial charge in [0.05, 0.1) is 0 Å². The topological polar surface area (TPSA) is 36.0 Å². The highest BCUT2D eigenvalue weighted by atomic mass is 16.3. The molecule has 136 valence electrons. The fourth-order valence-corrected chi connectivity index (χ4v) is 3.77. The van der Waals surface area contributed by atoms with Gasteiger partial charge in [-0.25, -0.2) is 0 Å². The van der Waals surface area contributed by atoms with Crippen LogP contribution in [0.1, 0.15) is 48.9 Å². The molecule has 3 aromatic carbocycles. The van der Waals surface area contributed by atoms with Crippen molar-refractivity contribution in [1.29, 1.82) is 0 Å². The maximum Gasteiger partial charge on any atom is 0.119 e. The zero-order chi connectivity index (χ0) is 19.0. The summed E-state index contributed by atoms with van der Waals surface area (Å²) in [4.78, 5) is 3.38. The molecule has 27 heavy (non-hydrogen) atoms. The van der Waals surface area contributed by atoms with Crippen molar-refractivity contribution in [2.24, 2.45) is 0 Å². The zero-order valence-corrected chi connectivity index (χ0v) is 16.0. The standard InChI is InChI=1S/C25H25NO/c1-25(2,3)18-14-12-17(13-15-18)24(20-9-5-7-11-23(20)27)21-16-26-22-10-6-4-8-19(21)22/h4-16,24,26-27H,1-3H3. The number of aromatic amines is 1. The molecule has 4 rings (SSSR count). The summed E-state index contributed by atoms with van der Waals surface area (Å²) in [7, 11) is 0. The van der Waals surface area contributed by atoms with Crippen LogP contribution >= 0.6 is 0 Å². The second-order valence-electron chi connectivity index (χ2n) is 8.15. The Balaban J connectivity index is 1.91. The third-order valence-corrected chi connectivity index (χ3v) is 5.29. The Hall–Kier alpha value is -3.00. The number of hydrogen-bond donors (Lipinski definition) is 2. The van der Waals surface area contributed by atoms with Gasteiger partial charge in [-0.1, -0.05) is 81.4 Å². The van der Waals surface area contributed by atoms with Crippen molar-refractivity contribution in [3.05, 3.63) is 101 Å². The van der Waals surface area contributed by atoms with Gasteiger partial charge in [0.2, 0.25) is 0 Å². The summed E-state index contributed by atoms with van der Waals surface area (Å²) >= 11 is 0. The third kappa shape index (κ3) is 3.23. The van der Waals surface area contributed by atoms with Crippen LogP contribution in [0.4, 0.5) is 0 Å². The molecule has 0 saturated carbocycles. The van der Waals surface area contributed by atoms with Gasteiger partial charge in [-0.05, 0) is 34.2 Å². The Kier molecular flexibility index (Phi) is 4.27. The normalized spacial score (nSPS) is 13.0. The van der Waals surface area contributed by atoms with E-state index in [9.17, 15) is 5.11 Å². The number of fused-ring (bicyclic) bond motifs is 1. The van der Waals surface area contributed by atoms with Gasteiger partial charge in [-0.2, -0.15) is 0 Å². The summed E-state index contributed by atoms with van der Waals surface area (Å²) in [6.07, 6.45) is 2.07. The SMILES string of the molecule is CC(C)(C)c1ccc(C(c2ccccc2O)c2c[nH]c3ccccc23)cc1. The number of hydrogen-bond acceptors (Lipinski definition) is 1. The highest BCUT2D eigenvalue weighted by Crippen LogP contribution is 2.40. The lowest BCUT2D eigenvalue weighted by Crippen LogP contribution is -2.11. The number of rotatable bonds is 3. The molecule has 0 amide bonds. The molecule has 1 heterocycles. The monoisotopic (exact) mass is 355 g/mol. The molecule has 1 aromatic heterocycles. The second-order valence-corrected chi connectivity index (χ2v) is 8.15. The van der Waals surface area contributed by atoms with Gasteiger partial charge < -0.3 is 10.1 Å². The first-order valence-corrected chi connectivity index (χ1v) is 9.39. The number of para-hydroxylation sites is 2. The largest absolute Gasteiger partial charge is 0.508 e. The van der Waals surface area contributed by atoms with Crippen molar-refractivity contribution in [3.63, 3.8) is 0 Å². The summed E-state index contributed by atoms with van der Waals surface area (Å²) in [5, 5.41) is 11.8. The Morgan fingerprint density at radius 2 is 1.44 bits per heavy atom. The quantitative estimate of drug-likeness (QED) is 0.441. The molecular formula is C25H25NO. The second kappa shape index (κ2) is 6.62. The number of H-pyrrole nitrogens is 1. The van der Waals surface area contributed by atoms with E-state index in [0.717, 1.165) is 11.1 Å². The Morgan fingerprint density at radius 3 is 2.15 bits per heavy atom. The molecule has 0 aliphatic rings. The van der Waals surface area contributed by atoms with E-state index in [2.05, 4.69) is 74.4 Å². The molecule has 0 bridgehead atoms. The summed E-state index contributed by atoms with van der Waals surface area (Å²) in [6, 6.07) is 24.8. The van der Waals surface area contributed by atoms with Crippen LogP contribution in [-0.4, -0.2) is 10.1 Å². The van der Waals surface area contributed by atoms with E-state index in [4.69, 9.17) is 0 Å². The average Bonchev–Trinajstić information content (AvgIpc) is 3.07. The van der Waals surface area contributed by atoms with Crippen molar-refractivity contribution in [3.8, 4) is 5.75 Å². The predicted molar refractivity (Wildman–Crippen MR) is 112 cm³/mol. The molecule has 2 nitrogen and oxygen atoms in total. The minimum absolute atomic E-state index is 0.0311. The van der Waals surface area contributed by atoms with Gasteiger partial charge in [0.1, 0.15) is 5.75 Å². The molecule has 1 atom stereocenters. The van der Waals surface area contributed by atoms with Crippen LogP contribution in [0.2, 0.25) is 0 Å². The lowest BCUT2D eigenvalue weighted by atomic mass is 9.81. The molecule has 2 N–H and O–H groups in total. The highest BCUT2D eigenvalue weighted by Gasteiger charge is 2.23. The number of nitrogens with one attached hydrogen (secondary N) is 1. The van der Waals surface area contributed by atoms with Gasteiger partial charge in [0.25, 0.3) is 0 Å². The highest BCUT2D eigenvalue weighted by molar-refractivity contribution is 5.85. The lowest BCUT2D eigenvalue weighted by molar-refractivity contribution is 0.467. The van der Waals surface area contributed by atoms with Crippen LogP contribution in [0, 0.1) is 0 Å². The molecule has 0 saturated heterocycles. The molecule has 4 aromatic rings. The van der Waals surface area contributed by atoms with Crippen LogP contribution in [0.3, 0.4) is 0 Å². The van der Waals surface area contributed by atoms with E-state index in [1.807, 2.05) is 24.3 Å². The molecule has 1 unspecified atom stereocenters. The summed E-state index contributed by atoms with van der Waals surface area (Å²) in [5.41, 5.74) is 5.81. The summed E-state index contributed by atoms with van der Waals surface area (Å²) in [6.45, 7) is 6.67. The Bertz CT molecular complexity index is 1070. The van der Waals surface area contributed by atoms with Gasteiger partial charge >= 0.3 is 0 Å². The van der Waals surface area contributed by atoms with Crippen LogP contribution < -0.4 is 0 Å². The molecule has 0 radical (unpaired) electrons. The van der Waals surface area contributed by atoms with E-state index >= 15 is 0 Å². The van der Waals surface area contributed by atoms with Crippen molar-refractivity contribution >= 4 is 10.9 Å². The van der Waals surface area contributed by atoms with Crippen molar-refractivity contribution in [1.82, 2.24) is 4.98 Å². The maximum absolute atomic E-state index is 10.6. The molecule has 0 fully saturated rings. The van der Waals surface area contributed by atoms with E-state index in [1.54, 1.807) is 6.07 Å². The van der Waals surface area contributed by atoms with E-state index in [0.29, 0.717) is 5.75 Å². The number of benzene rings is 3. The third-order valence-electron chi connectivity index (χ3n) is 5.29. The van der Waals surface area contributed by atoms with Crippen molar-refractivity contribution in [2.75, 3.05) is 0 Å². The Labute approximate surface area is 160 Å². The van der Waals surface area contributed by atoms with Crippen LogP contribution in [0.5, 0.6) is 5.75 Å². The van der Waals surface area contributed by atoms with Gasteiger partial charge in [0, 0.05) is 28.6 Å². The molecule has 0 aliphatic carbocycles. The average molecular weight is 355 g/mol. The maximum atomic E-state index is 10.6. The number of aromatic hydroxyl groups is 1. The van der Waals surface area contributed by atoms with Crippen LogP contribution in [-0.2, 0) is 5.41 Å². The first kappa shape index (κ1) is 17.4.